The van der Waals surface area contributed by atoms with Crippen molar-refractivity contribution < 1.29 is 9.13 Å². The molecule has 4 nitrogen and oxygen atoms in total. The van der Waals surface area contributed by atoms with Gasteiger partial charge in [0.15, 0.2) is 5.96 Å². The zero-order valence-electron chi connectivity index (χ0n) is 11.1. The Morgan fingerprint density at radius 1 is 1.39 bits per heavy atom. The van der Waals surface area contributed by atoms with E-state index in [-0.39, 0.29) is 5.82 Å². The van der Waals surface area contributed by atoms with Gasteiger partial charge in [-0.25, -0.2) is 4.39 Å². The second-order valence-electron chi connectivity index (χ2n) is 3.93. The van der Waals surface area contributed by atoms with Crippen molar-refractivity contribution in [3.63, 3.8) is 0 Å². The predicted molar refractivity (Wildman–Crippen MR) is 71.2 cm³/mol. The Morgan fingerprint density at radius 2 is 2.17 bits per heavy atom. The maximum atomic E-state index is 13.1. The summed E-state index contributed by atoms with van der Waals surface area (Å²) in [5, 5.41) is 6.26. The van der Waals surface area contributed by atoms with Gasteiger partial charge < -0.3 is 15.4 Å². The van der Waals surface area contributed by atoms with Crippen molar-refractivity contribution in [1.29, 1.82) is 0 Å². The van der Waals surface area contributed by atoms with E-state index in [1.165, 1.54) is 6.07 Å². The largest absolute Gasteiger partial charge is 0.383 e. The van der Waals surface area contributed by atoms with E-state index < -0.39 is 0 Å². The third kappa shape index (κ3) is 4.71. The summed E-state index contributed by atoms with van der Waals surface area (Å²) in [5.74, 6) is 0.523. The zero-order valence-corrected chi connectivity index (χ0v) is 11.1. The molecule has 1 aromatic carbocycles. The fourth-order valence-electron chi connectivity index (χ4n) is 1.49. The molecule has 0 aromatic heterocycles. The number of rotatable bonds is 5. The lowest BCUT2D eigenvalue weighted by Gasteiger charge is -2.12. The lowest BCUT2D eigenvalue weighted by molar-refractivity contribution is 0.203. The molecule has 0 aliphatic heterocycles. The quantitative estimate of drug-likeness (QED) is 0.474. The molecular formula is C13H20FN3O. The normalized spacial score (nSPS) is 11.4. The van der Waals surface area contributed by atoms with E-state index >= 15 is 0 Å². The second-order valence-corrected chi connectivity index (χ2v) is 3.93. The Balaban J connectivity index is 2.45. The number of halogens is 1. The summed E-state index contributed by atoms with van der Waals surface area (Å²) in [5.41, 5.74) is 1.67. The number of methoxy groups -OCH3 is 1. The zero-order chi connectivity index (χ0) is 13.4. The van der Waals surface area contributed by atoms with Crippen LogP contribution >= 0.6 is 0 Å². The van der Waals surface area contributed by atoms with E-state index in [0.29, 0.717) is 31.2 Å². The summed E-state index contributed by atoms with van der Waals surface area (Å²) >= 11 is 0. The van der Waals surface area contributed by atoms with Crippen LogP contribution in [0.15, 0.2) is 23.2 Å². The highest BCUT2D eigenvalue weighted by Crippen LogP contribution is 2.08. The molecule has 0 saturated heterocycles. The smallest absolute Gasteiger partial charge is 0.191 e. The van der Waals surface area contributed by atoms with Crippen molar-refractivity contribution >= 4 is 5.96 Å². The minimum absolute atomic E-state index is 0.179. The first kappa shape index (κ1) is 14.4. The monoisotopic (exact) mass is 253 g/mol. The van der Waals surface area contributed by atoms with Crippen LogP contribution in [0.1, 0.15) is 11.1 Å². The number of ether oxygens (including phenoxy) is 1. The predicted octanol–water partition coefficient (Wildman–Crippen LogP) is 1.45. The standard InChI is InChI=1S/C13H20FN3O/c1-10-8-11(4-5-12(10)14)9-17-13(15-2)16-6-7-18-3/h4-5,8H,6-7,9H2,1-3H3,(H2,15,16,17). The summed E-state index contributed by atoms with van der Waals surface area (Å²) in [6.45, 7) is 3.67. The molecule has 1 rings (SSSR count). The van der Waals surface area contributed by atoms with Crippen LogP contribution in [0.4, 0.5) is 4.39 Å². The van der Waals surface area contributed by atoms with Gasteiger partial charge in [-0.3, -0.25) is 4.99 Å². The number of aryl methyl sites for hydroxylation is 1. The van der Waals surface area contributed by atoms with Crippen LogP contribution in [-0.4, -0.2) is 33.3 Å². The number of nitrogens with zero attached hydrogens (tertiary/aromatic N) is 1. The Morgan fingerprint density at radius 3 is 2.78 bits per heavy atom. The van der Waals surface area contributed by atoms with Gasteiger partial charge in [-0.15, -0.1) is 0 Å². The SMILES string of the molecule is CN=C(NCCOC)NCc1ccc(F)c(C)c1. The van der Waals surface area contributed by atoms with Gasteiger partial charge >= 0.3 is 0 Å². The van der Waals surface area contributed by atoms with E-state index in [4.69, 9.17) is 4.74 Å². The second kappa shape index (κ2) is 7.66. The van der Waals surface area contributed by atoms with Crippen LogP contribution in [-0.2, 0) is 11.3 Å². The van der Waals surface area contributed by atoms with E-state index in [1.807, 2.05) is 6.07 Å². The van der Waals surface area contributed by atoms with Gasteiger partial charge in [0.25, 0.3) is 0 Å². The molecule has 2 N–H and O–H groups in total. The highest BCUT2D eigenvalue weighted by Gasteiger charge is 2.00. The van der Waals surface area contributed by atoms with Crippen LogP contribution < -0.4 is 10.6 Å². The van der Waals surface area contributed by atoms with Crippen LogP contribution in [0.25, 0.3) is 0 Å². The number of hydrogen-bond acceptors (Lipinski definition) is 2. The average Bonchev–Trinajstić information content (AvgIpc) is 2.37. The lowest BCUT2D eigenvalue weighted by atomic mass is 10.1. The van der Waals surface area contributed by atoms with Crippen LogP contribution in [0, 0.1) is 12.7 Å². The lowest BCUT2D eigenvalue weighted by Crippen LogP contribution is -2.38. The number of hydrogen-bond donors (Lipinski definition) is 2. The van der Waals surface area contributed by atoms with Crippen molar-refractivity contribution in [2.75, 3.05) is 27.3 Å². The topological polar surface area (TPSA) is 45.7 Å². The fourth-order valence-corrected chi connectivity index (χ4v) is 1.49. The molecule has 0 amide bonds. The first-order valence-corrected chi connectivity index (χ1v) is 5.86. The summed E-state index contributed by atoms with van der Waals surface area (Å²) in [6, 6.07) is 5.07. The summed E-state index contributed by atoms with van der Waals surface area (Å²) in [6.07, 6.45) is 0. The molecule has 5 heteroatoms. The van der Waals surface area contributed by atoms with Gasteiger partial charge in [0.2, 0.25) is 0 Å². The summed E-state index contributed by atoms with van der Waals surface area (Å²) in [7, 11) is 3.36. The third-order valence-electron chi connectivity index (χ3n) is 2.50. The Bertz CT molecular complexity index is 407. The minimum Gasteiger partial charge on any atom is -0.383 e. The van der Waals surface area contributed by atoms with Crippen molar-refractivity contribution in [3.05, 3.63) is 35.1 Å². The number of benzene rings is 1. The molecule has 0 radical (unpaired) electrons. The molecule has 0 fully saturated rings. The third-order valence-corrected chi connectivity index (χ3v) is 2.50. The van der Waals surface area contributed by atoms with Crippen LogP contribution in [0.2, 0.25) is 0 Å². The molecule has 0 atom stereocenters. The number of nitrogens with one attached hydrogen (secondary N) is 2. The molecule has 0 aliphatic carbocycles. The molecule has 0 saturated carbocycles. The molecule has 0 unspecified atom stereocenters. The van der Waals surface area contributed by atoms with Gasteiger partial charge in [-0.1, -0.05) is 12.1 Å². The van der Waals surface area contributed by atoms with E-state index in [2.05, 4.69) is 15.6 Å². The highest BCUT2D eigenvalue weighted by molar-refractivity contribution is 5.79. The maximum absolute atomic E-state index is 13.1. The van der Waals surface area contributed by atoms with Gasteiger partial charge in [0.05, 0.1) is 6.61 Å². The Hall–Kier alpha value is -1.62. The molecule has 0 bridgehead atoms. The average molecular weight is 253 g/mol. The van der Waals surface area contributed by atoms with E-state index in [1.54, 1.807) is 27.1 Å². The van der Waals surface area contributed by atoms with Crippen molar-refractivity contribution in [2.24, 2.45) is 4.99 Å². The first-order valence-electron chi connectivity index (χ1n) is 5.86. The maximum Gasteiger partial charge on any atom is 0.191 e. The van der Waals surface area contributed by atoms with Gasteiger partial charge in [-0.2, -0.15) is 0 Å². The fraction of sp³-hybridized carbons (Fsp3) is 0.462. The minimum atomic E-state index is -0.179. The van der Waals surface area contributed by atoms with Gasteiger partial charge in [0.1, 0.15) is 5.82 Å². The van der Waals surface area contributed by atoms with Crippen molar-refractivity contribution in [2.45, 2.75) is 13.5 Å². The van der Waals surface area contributed by atoms with Crippen LogP contribution in [0.3, 0.4) is 0 Å². The number of aliphatic imine (C=N–C) groups is 1. The first-order chi connectivity index (χ1) is 8.67. The van der Waals surface area contributed by atoms with Crippen molar-refractivity contribution in [1.82, 2.24) is 10.6 Å². The molecule has 18 heavy (non-hydrogen) atoms. The van der Waals surface area contributed by atoms with Gasteiger partial charge in [0, 0.05) is 27.2 Å². The summed E-state index contributed by atoms with van der Waals surface area (Å²) < 4.78 is 18.0. The summed E-state index contributed by atoms with van der Waals surface area (Å²) in [4.78, 5) is 4.08. The van der Waals surface area contributed by atoms with E-state index in [0.717, 1.165) is 5.56 Å². The molecule has 0 spiro atoms. The molecular weight excluding hydrogens is 233 g/mol. The molecule has 1 aromatic rings. The molecule has 100 valence electrons. The highest BCUT2D eigenvalue weighted by atomic mass is 19.1. The van der Waals surface area contributed by atoms with E-state index in [9.17, 15) is 4.39 Å². The Labute approximate surface area is 107 Å². The Kier molecular flexibility index (Phi) is 6.14. The van der Waals surface area contributed by atoms with Crippen molar-refractivity contribution in [3.8, 4) is 0 Å². The molecule has 0 heterocycles. The van der Waals surface area contributed by atoms with Gasteiger partial charge in [-0.05, 0) is 24.1 Å². The number of guanidine groups is 1. The van der Waals surface area contributed by atoms with Crippen LogP contribution in [0.5, 0.6) is 0 Å². The molecule has 0 aliphatic rings.